The smallest absolute Gasteiger partial charge is 0.230 e. The maximum atomic E-state index is 13.1. The van der Waals surface area contributed by atoms with E-state index in [1.54, 1.807) is 7.11 Å². The predicted molar refractivity (Wildman–Crippen MR) is 92.6 cm³/mol. The van der Waals surface area contributed by atoms with Gasteiger partial charge in [-0.1, -0.05) is 6.42 Å². The van der Waals surface area contributed by atoms with Crippen molar-refractivity contribution in [2.24, 2.45) is 23.5 Å². The molecule has 0 heterocycles. The van der Waals surface area contributed by atoms with Gasteiger partial charge in [-0.3, -0.25) is 4.79 Å². The molecule has 126 valence electrons. The predicted octanol–water partition coefficient (Wildman–Crippen LogP) is 3.20. The Balaban J connectivity index is 1.74. The van der Waals surface area contributed by atoms with E-state index in [-0.39, 0.29) is 11.8 Å². The molecule has 2 unspecified atom stereocenters. The van der Waals surface area contributed by atoms with Crippen LogP contribution in [0.1, 0.15) is 39.0 Å². The van der Waals surface area contributed by atoms with Crippen molar-refractivity contribution in [2.75, 3.05) is 18.6 Å². The fraction of sp³-hybridized carbons (Fsp3) is 0.632. The maximum Gasteiger partial charge on any atom is 0.230 e. The summed E-state index contributed by atoms with van der Waals surface area (Å²) >= 11 is 0. The summed E-state index contributed by atoms with van der Waals surface area (Å²) in [4.78, 5) is 15.0. The van der Waals surface area contributed by atoms with E-state index >= 15 is 0 Å². The van der Waals surface area contributed by atoms with Crippen LogP contribution < -0.4 is 15.4 Å². The van der Waals surface area contributed by atoms with E-state index in [2.05, 4.69) is 0 Å². The minimum Gasteiger partial charge on any atom is -0.497 e. The molecular weight excluding hydrogens is 288 g/mol. The van der Waals surface area contributed by atoms with Crippen molar-refractivity contribution < 1.29 is 9.53 Å². The van der Waals surface area contributed by atoms with Crippen LogP contribution >= 0.6 is 0 Å². The molecule has 0 saturated heterocycles. The van der Waals surface area contributed by atoms with E-state index in [9.17, 15) is 4.79 Å². The monoisotopic (exact) mass is 316 g/mol. The van der Waals surface area contributed by atoms with E-state index in [0.29, 0.717) is 24.4 Å². The van der Waals surface area contributed by atoms with E-state index in [1.807, 2.05) is 36.1 Å². The molecule has 4 nitrogen and oxygen atoms in total. The van der Waals surface area contributed by atoms with Crippen molar-refractivity contribution in [3.63, 3.8) is 0 Å². The topological polar surface area (TPSA) is 55.6 Å². The highest BCUT2D eigenvalue weighted by Crippen LogP contribution is 2.42. The Morgan fingerprint density at radius 3 is 2.35 bits per heavy atom. The van der Waals surface area contributed by atoms with Gasteiger partial charge in [-0.2, -0.15) is 0 Å². The summed E-state index contributed by atoms with van der Waals surface area (Å²) in [5.41, 5.74) is 7.32. The largest absolute Gasteiger partial charge is 0.497 e. The molecule has 1 amide bonds. The lowest BCUT2D eigenvalue weighted by Gasteiger charge is -2.44. The summed E-state index contributed by atoms with van der Waals surface area (Å²) in [7, 11) is 1.65. The number of hydrogen-bond acceptors (Lipinski definition) is 3. The number of ether oxygens (including phenoxy) is 1. The van der Waals surface area contributed by atoms with Crippen LogP contribution in [-0.4, -0.2) is 25.6 Å². The van der Waals surface area contributed by atoms with E-state index < -0.39 is 0 Å². The lowest BCUT2D eigenvalue weighted by atomic mass is 9.65. The Labute approximate surface area is 139 Å². The van der Waals surface area contributed by atoms with Gasteiger partial charge in [-0.15, -0.1) is 0 Å². The average Bonchev–Trinajstić information content (AvgIpc) is 2.56. The molecule has 0 aliphatic heterocycles. The highest BCUT2D eigenvalue weighted by Gasteiger charge is 2.41. The number of nitrogens with two attached hydrogens (primary N) is 1. The number of methoxy groups -OCH3 is 1. The third-order valence-electron chi connectivity index (χ3n) is 5.73. The molecule has 4 heteroatoms. The van der Waals surface area contributed by atoms with Gasteiger partial charge in [0, 0.05) is 24.2 Å². The number of benzene rings is 1. The first kappa shape index (κ1) is 16.3. The molecule has 0 aromatic heterocycles. The molecule has 0 spiro atoms. The Morgan fingerprint density at radius 1 is 1.22 bits per heavy atom. The van der Waals surface area contributed by atoms with Gasteiger partial charge in [-0.05, 0) is 68.7 Å². The molecule has 2 atom stereocenters. The van der Waals surface area contributed by atoms with E-state index in [1.165, 1.54) is 19.3 Å². The molecule has 23 heavy (non-hydrogen) atoms. The Hall–Kier alpha value is -1.55. The highest BCUT2D eigenvalue weighted by molar-refractivity contribution is 5.95. The van der Waals surface area contributed by atoms with Crippen LogP contribution in [0.3, 0.4) is 0 Å². The SMILES string of the molecule is CCN(C(=O)C1CC2CCCC(C1)C2N)c1ccc(OC)cc1. The lowest BCUT2D eigenvalue weighted by Crippen LogP contribution is -2.49. The number of carbonyl (C=O) groups excluding carboxylic acids is 1. The normalized spacial score (nSPS) is 29.9. The molecule has 2 aliphatic rings. The first-order chi connectivity index (χ1) is 11.1. The maximum absolute atomic E-state index is 13.1. The third-order valence-corrected chi connectivity index (χ3v) is 5.73. The quantitative estimate of drug-likeness (QED) is 0.928. The van der Waals surface area contributed by atoms with Gasteiger partial charge < -0.3 is 15.4 Å². The van der Waals surface area contributed by atoms with Crippen LogP contribution in [0.5, 0.6) is 5.75 Å². The van der Waals surface area contributed by atoms with Crippen LogP contribution in [0.15, 0.2) is 24.3 Å². The molecule has 3 rings (SSSR count). The summed E-state index contributed by atoms with van der Waals surface area (Å²) < 4.78 is 5.20. The van der Waals surface area contributed by atoms with Crippen LogP contribution in [0.2, 0.25) is 0 Å². The fourth-order valence-corrected chi connectivity index (χ4v) is 4.44. The molecule has 1 aromatic rings. The van der Waals surface area contributed by atoms with E-state index in [4.69, 9.17) is 10.5 Å². The molecule has 0 radical (unpaired) electrons. The van der Waals surface area contributed by atoms with Crippen molar-refractivity contribution in [1.29, 1.82) is 0 Å². The second kappa shape index (κ2) is 6.91. The molecule has 2 N–H and O–H groups in total. The van der Waals surface area contributed by atoms with Crippen LogP contribution in [0.4, 0.5) is 5.69 Å². The zero-order valence-electron chi connectivity index (χ0n) is 14.2. The standard InChI is InChI=1S/C19H28N2O2/c1-3-21(16-7-9-17(23-2)10-8-16)19(22)15-11-13-5-4-6-14(12-15)18(13)20/h7-10,13-15,18H,3-6,11-12,20H2,1-2H3. The average molecular weight is 316 g/mol. The van der Waals surface area contributed by atoms with Crippen LogP contribution in [0.25, 0.3) is 0 Å². The fourth-order valence-electron chi connectivity index (χ4n) is 4.44. The first-order valence-corrected chi connectivity index (χ1v) is 8.85. The van der Waals surface area contributed by atoms with Gasteiger partial charge in [0.2, 0.25) is 5.91 Å². The Bertz CT molecular complexity index is 529. The molecule has 2 bridgehead atoms. The van der Waals surface area contributed by atoms with Gasteiger partial charge in [0.05, 0.1) is 7.11 Å². The number of nitrogens with zero attached hydrogens (tertiary/aromatic N) is 1. The van der Waals surface area contributed by atoms with Crippen molar-refractivity contribution in [3.05, 3.63) is 24.3 Å². The minimum absolute atomic E-state index is 0.132. The zero-order valence-corrected chi connectivity index (χ0v) is 14.2. The van der Waals surface area contributed by atoms with Gasteiger partial charge in [0.15, 0.2) is 0 Å². The van der Waals surface area contributed by atoms with Crippen LogP contribution in [-0.2, 0) is 4.79 Å². The van der Waals surface area contributed by atoms with Gasteiger partial charge in [0.1, 0.15) is 5.75 Å². The second-order valence-corrected chi connectivity index (χ2v) is 6.98. The van der Waals surface area contributed by atoms with E-state index in [0.717, 1.165) is 24.3 Å². The highest BCUT2D eigenvalue weighted by atomic mass is 16.5. The summed E-state index contributed by atoms with van der Waals surface area (Å²) in [5.74, 6) is 2.28. The number of amides is 1. The number of carbonyl (C=O) groups is 1. The van der Waals surface area contributed by atoms with Crippen LogP contribution in [0, 0.1) is 17.8 Å². The van der Waals surface area contributed by atoms with Gasteiger partial charge in [0.25, 0.3) is 0 Å². The summed E-state index contributed by atoms with van der Waals surface area (Å²) in [6, 6.07) is 8.07. The van der Waals surface area contributed by atoms with Crippen molar-refractivity contribution >= 4 is 11.6 Å². The van der Waals surface area contributed by atoms with Crippen molar-refractivity contribution in [1.82, 2.24) is 0 Å². The summed E-state index contributed by atoms with van der Waals surface area (Å²) in [6.07, 6.45) is 5.58. The number of rotatable bonds is 4. The molecular formula is C19H28N2O2. The number of fused-ring (bicyclic) bond motifs is 2. The van der Waals surface area contributed by atoms with Crippen molar-refractivity contribution in [3.8, 4) is 5.75 Å². The first-order valence-electron chi connectivity index (χ1n) is 8.85. The molecule has 2 fully saturated rings. The number of anilines is 1. The number of hydrogen-bond donors (Lipinski definition) is 1. The molecule has 2 aliphatic carbocycles. The molecule has 1 aromatic carbocycles. The Kier molecular flexibility index (Phi) is 4.90. The van der Waals surface area contributed by atoms with Gasteiger partial charge >= 0.3 is 0 Å². The van der Waals surface area contributed by atoms with Gasteiger partial charge in [-0.25, -0.2) is 0 Å². The Morgan fingerprint density at radius 2 is 1.83 bits per heavy atom. The summed E-state index contributed by atoms with van der Waals surface area (Å²) in [5, 5.41) is 0. The second-order valence-electron chi connectivity index (χ2n) is 6.98. The summed E-state index contributed by atoms with van der Waals surface area (Å²) in [6.45, 7) is 2.74. The third kappa shape index (κ3) is 3.23. The lowest BCUT2D eigenvalue weighted by molar-refractivity contribution is -0.125. The van der Waals surface area contributed by atoms with Crippen molar-refractivity contribution in [2.45, 2.75) is 45.1 Å². The molecule has 2 saturated carbocycles. The zero-order chi connectivity index (χ0) is 16.4. The minimum atomic E-state index is 0.132.